The van der Waals surface area contributed by atoms with Crippen molar-refractivity contribution in [2.45, 2.75) is 38.0 Å². The SMILES string of the molecule is CCN(CC)S(=O)(=O)c1ccc(N2CCN(C(=O)C3CC=CCC3)CC2)c([N+](=O)[O-])c1. The highest BCUT2D eigenvalue weighted by molar-refractivity contribution is 7.89. The molecule has 2 aliphatic rings. The predicted molar refractivity (Wildman–Crippen MR) is 118 cm³/mol. The first-order valence-electron chi connectivity index (χ1n) is 10.8. The summed E-state index contributed by atoms with van der Waals surface area (Å²) in [6.07, 6.45) is 6.71. The van der Waals surface area contributed by atoms with Gasteiger partial charge in [-0.15, -0.1) is 0 Å². The third-order valence-corrected chi connectivity index (χ3v) is 8.08. The molecule has 1 atom stereocenters. The summed E-state index contributed by atoms with van der Waals surface area (Å²) < 4.78 is 26.8. The first kappa shape index (κ1) is 23.2. The van der Waals surface area contributed by atoms with Crippen LogP contribution in [0.3, 0.4) is 0 Å². The summed E-state index contributed by atoms with van der Waals surface area (Å²) in [5, 5.41) is 11.7. The van der Waals surface area contributed by atoms with Gasteiger partial charge in [-0.1, -0.05) is 26.0 Å². The highest BCUT2D eigenvalue weighted by Gasteiger charge is 2.31. The van der Waals surface area contributed by atoms with Crippen LogP contribution in [-0.2, 0) is 14.8 Å². The van der Waals surface area contributed by atoms with Crippen LogP contribution in [0.5, 0.6) is 0 Å². The lowest BCUT2D eigenvalue weighted by Crippen LogP contribution is -2.50. The minimum atomic E-state index is -3.79. The van der Waals surface area contributed by atoms with E-state index in [0.29, 0.717) is 45.0 Å². The number of piperazine rings is 1. The third kappa shape index (κ3) is 4.90. The van der Waals surface area contributed by atoms with Crippen LogP contribution in [0.1, 0.15) is 33.1 Å². The standard InChI is InChI=1S/C21H30N4O5S/c1-3-24(4-2)31(29,30)18-10-11-19(20(16-18)25(27)28)22-12-14-23(15-13-22)21(26)17-8-6-5-7-9-17/h5-6,10-11,16-17H,3-4,7-9,12-15H2,1-2H3. The molecule has 0 saturated carbocycles. The van der Waals surface area contributed by atoms with E-state index in [1.54, 1.807) is 13.8 Å². The Hall–Kier alpha value is -2.46. The lowest BCUT2D eigenvalue weighted by Gasteiger charge is -2.37. The maximum absolute atomic E-state index is 12.8. The maximum Gasteiger partial charge on any atom is 0.293 e. The van der Waals surface area contributed by atoms with Gasteiger partial charge in [0, 0.05) is 51.3 Å². The van der Waals surface area contributed by atoms with Crippen molar-refractivity contribution in [1.82, 2.24) is 9.21 Å². The second-order valence-corrected chi connectivity index (χ2v) is 9.73. The van der Waals surface area contributed by atoms with Crippen molar-refractivity contribution in [2.24, 2.45) is 5.92 Å². The number of nitrogens with zero attached hydrogens (tertiary/aromatic N) is 4. The number of nitro groups is 1. The van der Waals surface area contributed by atoms with Crippen LogP contribution >= 0.6 is 0 Å². The Morgan fingerprint density at radius 2 is 1.84 bits per heavy atom. The van der Waals surface area contributed by atoms with Crippen LogP contribution in [0.4, 0.5) is 11.4 Å². The molecule has 1 aliphatic heterocycles. The number of amides is 1. The van der Waals surface area contributed by atoms with E-state index in [1.807, 2.05) is 9.80 Å². The zero-order valence-electron chi connectivity index (χ0n) is 18.1. The number of sulfonamides is 1. The van der Waals surface area contributed by atoms with Gasteiger partial charge in [0.2, 0.25) is 15.9 Å². The van der Waals surface area contributed by atoms with Gasteiger partial charge in [0.15, 0.2) is 0 Å². The molecule has 0 bridgehead atoms. The minimum Gasteiger partial charge on any atom is -0.362 e. The molecule has 1 heterocycles. The van der Waals surface area contributed by atoms with Crippen LogP contribution in [0.2, 0.25) is 0 Å². The van der Waals surface area contributed by atoms with Crippen molar-refractivity contribution >= 4 is 27.3 Å². The van der Waals surface area contributed by atoms with Crippen LogP contribution in [0.25, 0.3) is 0 Å². The van der Waals surface area contributed by atoms with Crippen LogP contribution < -0.4 is 4.90 Å². The van der Waals surface area contributed by atoms with E-state index >= 15 is 0 Å². The van der Waals surface area contributed by atoms with E-state index in [9.17, 15) is 23.3 Å². The number of allylic oxidation sites excluding steroid dienone is 2. The van der Waals surface area contributed by atoms with E-state index < -0.39 is 14.9 Å². The zero-order valence-corrected chi connectivity index (χ0v) is 18.9. The molecule has 0 spiro atoms. The highest BCUT2D eigenvalue weighted by Crippen LogP contribution is 2.33. The van der Waals surface area contributed by atoms with Crippen LogP contribution in [-0.4, -0.2) is 67.7 Å². The van der Waals surface area contributed by atoms with Crippen molar-refractivity contribution in [3.05, 3.63) is 40.5 Å². The number of nitro benzene ring substituents is 1. The Bertz CT molecular complexity index is 951. The second kappa shape index (κ2) is 9.78. The number of carbonyl (C=O) groups is 1. The fourth-order valence-electron chi connectivity index (χ4n) is 4.23. The van der Waals surface area contributed by atoms with Crippen molar-refractivity contribution in [2.75, 3.05) is 44.2 Å². The molecule has 3 rings (SSSR count). The number of benzene rings is 1. The summed E-state index contributed by atoms with van der Waals surface area (Å²) in [5.74, 6) is 0.176. The van der Waals surface area contributed by atoms with E-state index in [2.05, 4.69) is 12.2 Å². The molecule has 1 aromatic rings. The highest BCUT2D eigenvalue weighted by atomic mass is 32.2. The van der Waals surface area contributed by atoms with Gasteiger partial charge in [-0.05, 0) is 31.4 Å². The van der Waals surface area contributed by atoms with Crippen LogP contribution in [0.15, 0.2) is 35.2 Å². The average molecular weight is 451 g/mol. The number of carbonyl (C=O) groups excluding carboxylic acids is 1. The molecule has 170 valence electrons. The van der Waals surface area contributed by atoms with E-state index in [0.717, 1.165) is 25.3 Å². The number of anilines is 1. The molecule has 0 N–H and O–H groups in total. The summed E-state index contributed by atoms with van der Waals surface area (Å²) in [6, 6.07) is 4.09. The van der Waals surface area contributed by atoms with E-state index in [4.69, 9.17) is 0 Å². The maximum atomic E-state index is 12.8. The summed E-state index contributed by atoms with van der Waals surface area (Å²) in [4.78, 5) is 27.6. The Kier molecular flexibility index (Phi) is 7.32. The molecule has 0 aromatic heterocycles. The van der Waals surface area contributed by atoms with Gasteiger partial charge in [0.05, 0.1) is 9.82 Å². The molecule has 10 heteroatoms. The monoisotopic (exact) mass is 450 g/mol. The van der Waals surface area contributed by atoms with Crippen LogP contribution in [0, 0.1) is 16.0 Å². The molecular weight excluding hydrogens is 420 g/mol. The lowest BCUT2D eigenvalue weighted by atomic mass is 9.93. The van der Waals surface area contributed by atoms with Crippen molar-refractivity contribution in [1.29, 1.82) is 0 Å². The summed E-state index contributed by atoms with van der Waals surface area (Å²) in [7, 11) is -3.79. The second-order valence-electron chi connectivity index (χ2n) is 7.79. The lowest BCUT2D eigenvalue weighted by molar-refractivity contribution is -0.384. The fraction of sp³-hybridized carbons (Fsp3) is 0.571. The molecule has 1 amide bonds. The normalized spacial score (nSPS) is 19.6. The third-order valence-electron chi connectivity index (χ3n) is 6.04. The van der Waals surface area contributed by atoms with Gasteiger partial charge >= 0.3 is 0 Å². The molecule has 9 nitrogen and oxygen atoms in total. The first-order chi connectivity index (χ1) is 14.8. The molecule has 1 fully saturated rings. The Morgan fingerprint density at radius 1 is 1.16 bits per heavy atom. The molecule has 1 saturated heterocycles. The van der Waals surface area contributed by atoms with Crippen molar-refractivity contribution in [3.63, 3.8) is 0 Å². The van der Waals surface area contributed by atoms with Gasteiger partial charge in [-0.25, -0.2) is 8.42 Å². The van der Waals surface area contributed by atoms with Crippen molar-refractivity contribution in [3.8, 4) is 0 Å². The molecular formula is C21H30N4O5S. The molecule has 1 unspecified atom stereocenters. The quantitative estimate of drug-likeness (QED) is 0.359. The zero-order chi connectivity index (χ0) is 22.6. The predicted octanol–water partition coefficient (Wildman–Crippen LogP) is 2.63. The number of rotatable bonds is 7. The van der Waals surface area contributed by atoms with Gasteiger partial charge in [-0.2, -0.15) is 4.31 Å². The average Bonchev–Trinajstić information content (AvgIpc) is 2.79. The Labute approximate surface area is 183 Å². The molecule has 31 heavy (non-hydrogen) atoms. The number of hydrogen-bond acceptors (Lipinski definition) is 6. The fourth-order valence-corrected chi connectivity index (χ4v) is 5.71. The van der Waals surface area contributed by atoms with Gasteiger partial charge in [0.25, 0.3) is 5.69 Å². The Morgan fingerprint density at radius 3 is 2.39 bits per heavy atom. The molecule has 0 radical (unpaired) electrons. The smallest absolute Gasteiger partial charge is 0.293 e. The van der Waals surface area contributed by atoms with E-state index in [1.165, 1.54) is 16.4 Å². The molecule has 1 aliphatic carbocycles. The summed E-state index contributed by atoms with van der Waals surface area (Å²) in [5.41, 5.74) is 0.154. The van der Waals surface area contributed by atoms with Crippen molar-refractivity contribution < 1.29 is 18.1 Å². The summed E-state index contributed by atoms with van der Waals surface area (Å²) in [6.45, 7) is 5.98. The minimum absolute atomic E-state index is 0.0236. The molecule has 1 aromatic carbocycles. The van der Waals surface area contributed by atoms with E-state index in [-0.39, 0.29) is 22.4 Å². The van der Waals surface area contributed by atoms with Gasteiger partial charge in [0.1, 0.15) is 5.69 Å². The van der Waals surface area contributed by atoms with Gasteiger partial charge in [-0.3, -0.25) is 14.9 Å². The topological polar surface area (TPSA) is 104 Å². The number of hydrogen-bond donors (Lipinski definition) is 0. The Balaban J connectivity index is 1.77. The largest absolute Gasteiger partial charge is 0.362 e. The summed E-state index contributed by atoms with van der Waals surface area (Å²) >= 11 is 0. The first-order valence-corrected chi connectivity index (χ1v) is 12.2. The van der Waals surface area contributed by atoms with Gasteiger partial charge < -0.3 is 9.80 Å².